The fourth-order valence-corrected chi connectivity index (χ4v) is 3.16. The van der Waals surface area contributed by atoms with E-state index in [1.54, 1.807) is 23.5 Å². The monoisotopic (exact) mass is 332 g/mol. The average molecular weight is 332 g/mol. The summed E-state index contributed by atoms with van der Waals surface area (Å²) in [5.41, 5.74) is 0.866. The second kappa shape index (κ2) is 6.76. The van der Waals surface area contributed by atoms with E-state index in [-0.39, 0.29) is 5.76 Å². The largest absolute Gasteiger partial charge is 0.463 e. The number of carbonyl (C=O) groups excluding carboxylic acids is 1. The molecule has 0 aliphatic carbocycles. The van der Waals surface area contributed by atoms with Crippen LogP contribution in [0.25, 0.3) is 10.6 Å². The number of rotatable bonds is 5. The van der Waals surface area contributed by atoms with Crippen LogP contribution in [0.2, 0.25) is 0 Å². The first-order chi connectivity index (χ1) is 10.8. The van der Waals surface area contributed by atoms with Crippen LogP contribution >= 0.6 is 23.1 Å². The normalized spacial score (nSPS) is 10.6. The fourth-order valence-electron chi connectivity index (χ4n) is 1.76. The van der Waals surface area contributed by atoms with E-state index >= 15 is 0 Å². The molecule has 0 aromatic carbocycles. The van der Waals surface area contributed by atoms with Crippen LogP contribution < -0.4 is 0 Å². The number of methoxy groups -OCH3 is 1. The number of hydrogen-bond acceptors (Lipinski definition) is 7. The maximum absolute atomic E-state index is 11.3. The van der Waals surface area contributed by atoms with E-state index in [0.29, 0.717) is 11.5 Å². The lowest BCUT2D eigenvalue weighted by molar-refractivity contribution is 0.0563. The van der Waals surface area contributed by atoms with Gasteiger partial charge in [-0.05, 0) is 35.7 Å². The first kappa shape index (κ1) is 14.8. The molecule has 0 radical (unpaired) electrons. The fraction of sp³-hybridized carbons (Fsp3) is 0.133. The second-order valence-corrected chi connectivity index (χ2v) is 6.22. The molecule has 5 nitrogen and oxygen atoms in total. The Morgan fingerprint density at radius 1 is 1.27 bits per heavy atom. The Kier molecular flexibility index (Phi) is 4.55. The van der Waals surface area contributed by atoms with Crippen molar-refractivity contribution in [2.45, 2.75) is 10.8 Å². The molecule has 3 aromatic rings. The van der Waals surface area contributed by atoms with Gasteiger partial charge in [-0.2, -0.15) is 0 Å². The lowest BCUT2D eigenvalue weighted by atomic mass is 10.3. The lowest BCUT2D eigenvalue weighted by Crippen LogP contribution is -1.98. The molecule has 0 bridgehead atoms. The van der Waals surface area contributed by atoms with Crippen molar-refractivity contribution in [3.8, 4) is 10.6 Å². The maximum Gasteiger partial charge on any atom is 0.373 e. The molecule has 0 fully saturated rings. The first-order valence-electron chi connectivity index (χ1n) is 6.43. The molecule has 3 rings (SSSR count). The second-order valence-electron chi connectivity index (χ2n) is 4.28. The smallest absolute Gasteiger partial charge is 0.373 e. The standard InChI is InChI=1S/C15H12N2O3S2/c1-19-15(18)12-6-4-10(20-12)9-22-14-7-5-11(16-17-14)13-3-2-8-21-13/h2-8H,9H2,1H3. The van der Waals surface area contributed by atoms with Crippen LogP contribution in [0.1, 0.15) is 16.3 Å². The molecule has 7 heteroatoms. The van der Waals surface area contributed by atoms with Gasteiger partial charge in [-0.3, -0.25) is 0 Å². The minimum atomic E-state index is -0.476. The van der Waals surface area contributed by atoms with Crippen molar-refractivity contribution in [1.29, 1.82) is 0 Å². The molecule has 0 unspecified atom stereocenters. The zero-order valence-corrected chi connectivity index (χ0v) is 13.3. The molecule has 0 aliphatic rings. The van der Waals surface area contributed by atoms with Gasteiger partial charge < -0.3 is 9.15 Å². The Hall–Kier alpha value is -2.12. The summed E-state index contributed by atoms with van der Waals surface area (Å²) in [6, 6.07) is 11.2. The molecule has 112 valence electrons. The van der Waals surface area contributed by atoms with E-state index in [1.807, 2.05) is 29.6 Å². The van der Waals surface area contributed by atoms with Gasteiger partial charge in [-0.1, -0.05) is 17.8 Å². The van der Waals surface area contributed by atoms with Crippen LogP contribution in [-0.4, -0.2) is 23.3 Å². The number of nitrogens with zero attached hydrogens (tertiary/aromatic N) is 2. The minimum Gasteiger partial charge on any atom is -0.463 e. The molecule has 22 heavy (non-hydrogen) atoms. The predicted octanol–water partition coefficient (Wildman–Crippen LogP) is 3.88. The van der Waals surface area contributed by atoms with Crippen LogP contribution in [0.5, 0.6) is 0 Å². The van der Waals surface area contributed by atoms with Crippen molar-refractivity contribution in [3.63, 3.8) is 0 Å². The summed E-state index contributed by atoms with van der Waals surface area (Å²) in [6.45, 7) is 0. The molecule has 0 aliphatic heterocycles. The molecular formula is C15H12N2O3S2. The molecule has 0 spiro atoms. The van der Waals surface area contributed by atoms with E-state index in [0.717, 1.165) is 15.6 Å². The summed E-state index contributed by atoms with van der Waals surface area (Å²) in [5, 5.41) is 11.2. The third kappa shape index (κ3) is 3.37. The van der Waals surface area contributed by atoms with Crippen LogP contribution in [0.15, 0.2) is 51.2 Å². The molecule has 0 saturated heterocycles. The lowest BCUT2D eigenvalue weighted by Gasteiger charge is -2.00. The number of furan rings is 1. The SMILES string of the molecule is COC(=O)c1ccc(CSc2ccc(-c3cccs3)nn2)o1. The third-order valence-corrected chi connectivity index (χ3v) is 4.66. The number of hydrogen-bond donors (Lipinski definition) is 0. The summed E-state index contributed by atoms with van der Waals surface area (Å²) in [4.78, 5) is 12.4. The minimum absolute atomic E-state index is 0.206. The van der Waals surface area contributed by atoms with E-state index in [9.17, 15) is 4.79 Å². The Morgan fingerprint density at radius 3 is 2.86 bits per heavy atom. The van der Waals surface area contributed by atoms with Gasteiger partial charge >= 0.3 is 5.97 Å². The van der Waals surface area contributed by atoms with Gasteiger partial charge in [0.2, 0.25) is 5.76 Å². The van der Waals surface area contributed by atoms with Crippen molar-refractivity contribution in [2.75, 3.05) is 7.11 Å². The van der Waals surface area contributed by atoms with Crippen molar-refractivity contribution < 1.29 is 13.9 Å². The first-order valence-corrected chi connectivity index (χ1v) is 8.30. The van der Waals surface area contributed by atoms with Gasteiger partial charge in [-0.25, -0.2) is 4.79 Å². The van der Waals surface area contributed by atoms with Crippen LogP contribution in [0.4, 0.5) is 0 Å². The molecule has 0 saturated carbocycles. The number of thioether (sulfide) groups is 1. The third-order valence-electron chi connectivity index (χ3n) is 2.82. The Bertz CT molecular complexity index is 751. The molecule has 3 aromatic heterocycles. The maximum atomic E-state index is 11.3. The Morgan fingerprint density at radius 2 is 2.18 bits per heavy atom. The van der Waals surface area contributed by atoms with Gasteiger partial charge in [0.1, 0.15) is 16.5 Å². The summed E-state index contributed by atoms with van der Waals surface area (Å²) >= 11 is 3.13. The number of ether oxygens (including phenoxy) is 1. The summed E-state index contributed by atoms with van der Waals surface area (Å²) in [7, 11) is 1.32. The highest BCUT2D eigenvalue weighted by Gasteiger charge is 2.11. The zero-order valence-electron chi connectivity index (χ0n) is 11.7. The van der Waals surface area contributed by atoms with Crippen molar-refractivity contribution in [1.82, 2.24) is 10.2 Å². The Labute approximate surface area is 135 Å². The number of carbonyl (C=O) groups is 1. The number of esters is 1. The highest BCUT2D eigenvalue weighted by Crippen LogP contribution is 2.25. The molecule has 0 atom stereocenters. The van der Waals surface area contributed by atoms with Gasteiger partial charge in [-0.15, -0.1) is 21.5 Å². The van der Waals surface area contributed by atoms with E-state index in [4.69, 9.17) is 4.42 Å². The molecule has 0 amide bonds. The summed E-state index contributed by atoms with van der Waals surface area (Å²) < 4.78 is 10.00. The van der Waals surface area contributed by atoms with E-state index in [2.05, 4.69) is 14.9 Å². The van der Waals surface area contributed by atoms with Gasteiger partial charge in [0, 0.05) is 0 Å². The zero-order chi connectivity index (χ0) is 15.4. The van der Waals surface area contributed by atoms with Crippen molar-refractivity contribution in [2.24, 2.45) is 0 Å². The quantitative estimate of drug-likeness (QED) is 0.522. The number of aromatic nitrogens is 2. The Balaban J connectivity index is 1.62. The van der Waals surface area contributed by atoms with E-state index < -0.39 is 5.97 Å². The average Bonchev–Trinajstić information content (AvgIpc) is 3.24. The van der Waals surface area contributed by atoms with Crippen LogP contribution in [-0.2, 0) is 10.5 Å². The van der Waals surface area contributed by atoms with Crippen molar-refractivity contribution >= 4 is 29.1 Å². The highest BCUT2D eigenvalue weighted by atomic mass is 32.2. The van der Waals surface area contributed by atoms with Crippen LogP contribution in [0.3, 0.4) is 0 Å². The molecular weight excluding hydrogens is 320 g/mol. The summed E-state index contributed by atoms with van der Waals surface area (Å²) in [5.74, 6) is 0.993. The highest BCUT2D eigenvalue weighted by molar-refractivity contribution is 7.98. The summed E-state index contributed by atoms with van der Waals surface area (Å²) in [6.07, 6.45) is 0. The van der Waals surface area contributed by atoms with Gasteiger partial charge in [0.15, 0.2) is 0 Å². The van der Waals surface area contributed by atoms with Crippen LogP contribution in [0, 0.1) is 0 Å². The molecule has 0 N–H and O–H groups in total. The number of thiophene rings is 1. The topological polar surface area (TPSA) is 65.2 Å². The van der Waals surface area contributed by atoms with E-state index in [1.165, 1.54) is 18.9 Å². The van der Waals surface area contributed by atoms with Gasteiger partial charge in [0.05, 0.1) is 17.7 Å². The molecule has 3 heterocycles. The van der Waals surface area contributed by atoms with Crippen molar-refractivity contribution in [3.05, 3.63) is 53.3 Å². The predicted molar refractivity (Wildman–Crippen MR) is 85.0 cm³/mol. The van der Waals surface area contributed by atoms with Gasteiger partial charge in [0.25, 0.3) is 0 Å².